The summed E-state index contributed by atoms with van der Waals surface area (Å²) in [4.78, 5) is 0. The molecule has 1 nitrogen and oxygen atoms in total. The molecule has 0 amide bonds. The van der Waals surface area contributed by atoms with Crippen molar-refractivity contribution in [3.8, 4) is 11.1 Å². The Kier molecular flexibility index (Phi) is 8.23. The van der Waals surface area contributed by atoms with Gasteiger partial charge in [0.25, 0.3) is 0 Å². The van der Waals surface area contributed by atoms with E-state index in [1.54, 1.807) is 0 Å². The summed E-state index contributed by atoms with van der Waals surface area (Å²) >= 11 is 0. The average molecular weight is 660 g/mol. The van der Waals surface area contributed by atoms with Gasteiger partial charge in [-0.3, -0.25) is 0 Å². The van der Waals surface area contributed by atoms with Gasteiger partial charge in [0.15, 0.2) is 0 Å². The quantitative estimate of drug-likeness (QED) is 0.143. The summed E-state index contributed by atoms with van der Waals surface area (Å²) in [6.07, 6.45) is 1.11. The molecule has 0 atom stereocenters. The number of fused-ring (bicyclic) bond motifs is 9. The Balaban J connectivity index is 0.000000111. The first-order chi connectivity index (χ1) is 24.7. The number of aromatic nitrogens is 1. The molecule has 0 saturated heterocycles. The molecule has 8 aromatic carbocycles. The van der Waals surface area contributed by atoms with E-state index in [4.69, 9.17) is 0 Å². The molecule has 9 aromatic rings. The van der Waals surface area contributed by atoms with Crippen LogP contribution in [0.4, 0.5) is 0 Å². The van der Waals surface area contributed by atoms with Gasteiger partial charge in [0.1, 0.15) is 0 Å². The first-order valence-electron chi connectivity index (χ1n) is 18.1. The maximum absolute atomic E-state index is 2.33. The number of benzene rings is 8. The highest BCUT2D eigenvalue weighted by atomic mass is 14.9. The number of hydrogen-bond acceptors (Lipinski definition) is 0. The Bertz CT molecular complexity index is 2600. The first-order valence-corrected chi connectivity index (χ1v) is 18.1. The predicted octanol–water partition coefficient (Wildman–Crippen LogP) is 13.6. The summed E-state index contributed by atoms with van der Waals surface area (Å²) in [7, 11) is 2.13. The monoisotopic (exact) mass is 659 g/mol. The minimum Gasteiger partial charge on any atom is -0.344 e. The third kappa shape index (κ3) is 5.87. The molecule has 1 aliphatic carbocycles. The molecule has 1 aliphatic rings. The number of aryl methyl sites for hydroxylation is 7. The lowest BCUT2D eigenvalue weighted by Crippen LogP contribution is -1.88. The largest absolute Gasteiger partial charge is 0.344 e. The predicted molar refractivity (Wildman–Crippen MR) is 222 cm³/mol. The van der Waals surface area contributed by atoms with Crippen molar-refractivity contribution in [3.05, 3.63) is 178 Å². The van der Waals surface area contributed by atoms with E-state index >= 15 is 0 Å². The summed E-state index contributed by atoms with van der Waals surface area (Å²) in [5, 5.41) is 10.8. The van der Waals surface area contributed by atoms with Crippen LogP contribution in [-0.2, 0) is 13.5 Å². The van der Waals surface area contributed by atoms with E-state index in [9.17, 15) is 0 Å². The lowest BCUT2D eigenvalue weighted by molar-refractivity contribution is 1.01. The first kappa shape index (κ1) is 32.5. The molecule has 1 heterocycles. The van der Waals surface area contributed by atoms with E-state index in [0.717, 1.165) is 6.42 Å². The Morgan fingerprint density at radius 3 is 1.22 bits per heavy atom. The zero-order chi connectivity index (χ0) is 35.4. The molecule has 0 unspecified atom stereocenters. The van der Waals surface area contributed by atoms with Gasteiger partial charge in [0.05, 0.1) is 0 Å². The second-order valence-electron chi connectivity index (χ2n) is 14.6. The second-order valence-corrected chi connectivity index (χ2v) is 14.6. The molecule has 51 heavy (non-hydrogen) atoms. The SMILES string of the molecule is Cc1c2ccccc2c(C)c2cc3ccccc3cc12.Cc1ccc2c(c1)Cc1cc(C)ccc1-2.Cc1ccc2c(c1)c1cc(C)ccc1n2C. The van der Waals surface area contributed by atoms with Gasteiger partial charge >= 0.3 is 0 Å². The molecule has 10 rings (SSSR count). The van der Waals surface area contributed by atoms with E-state index in [1.807, 2.05) is 0 Å². The minimum atomic E-state index is 1.11. The molecule has 0 N–H and O–H groups in total. The van der Waals surface area contributed by atoms with Crippen LogP contribution in [0.2, 0.25) is 0 Å². The van der Waals surface area contributed by atoms with Crippen LogP contribution in [0.25, 0.3) is 65.3 Å². The third-order valence-corrected chi connectivity index (χ3v) is 10.9. The van der Waals surface area contributed by atoms with Crippen molar-refractivity contribution in [2.75, 3.05) is 0 Å². The highest BCUT2D eigenvalue weighted by Crippen LogP contribution is 2.38. The lowest BCUT2D eigenvalue weighted by Gasteiger charge is -2.13. The third-order valence-electron chi connectivity index (χ3n) is 10.9. The number of rotatable bonds is 0. The van der Waals surface area contributed by atoms with E-state index in [1.165, 1.54) is 110 Å². The molecule has 1 aromatic heterocycles. The normalized spacial score (nSPS) is 11.7. The van der Waals surface area contributed by atoms with Crippen LogP contribution in [-0.4, -0.2) is 4.57 Å². The number of hydrogen-bond donors (Lipinski definition) is 0. The second kappa shape index (κ2) is 12.9. The minimum absolute atomic E-state index is 1.11. The molecule has 0 spiro atoms. The Hall–Kier alpha value is -5.66. The number of nitrogens with zero attached hydrogens (tertiary/aromatic N) is 1. The van der Waals surface area contributed by atoms with Gasteiger partial charge < -0.3 is 4.57 Å². The zero-order valence-electron chi connectivity index (χ0n) is 30.9. The Morgan fingerprint density at radius 1 is 0.373 bits per heavy atom. The van der Waals surface area contributed by atoms with Gasteiger partial charge in [0.2, 0.25) is 0 Å². The van der Waals surface area contributed by atoms with Crippen molar-refractivity contribution in [2.24, 2.45) is 7.05 Å². The van der Waals surface area contributed by atoms with Crippen molar-refractivity contribution in [1.82, 2.24) is 4.57 Å². The molecule has 1 heteroatoms. The zero-order valence-corrected chi connectivity index (χ0v) is 30.9. The van der Waals surface area contributed by atoms with Crippen molar-refractivity contribution >= 4 is 54.1 Å². The summed E-state index contributed by atoms with van der Waals surface area (Å²) in [6.45, 7) is 13.1. The molecule has 0 radical (unpaired) electrons. The van der Waals surface area contributed by atoms with E-state index in [0.29, 0.717) is 0 Å². The van der Waals surface area contributed by atoms with Gasteiger partial charge in [-0.2, -0.15) is 0 Å². The topological polar surface area (TPSA) is 4.93 Å². The summed E-state index contributed by atoms with van der Waals surface area (Å²) in [6, 6.07) is 48.8. The maximum atomic E-state index is 2.33. The van der Waals surface area contributed by atoms with E-state index in [-0.39, 0.29) is 0 Å². The van der Waals surface area contributed by atoms with Crippen molar-refractivity contribution in [3.63, 3.8) is 0 Å². The van der Waals surface area contributed by atoms with Crippen molar-refractivity contribution < 1.29 is 0 Å². The fourth-order valence-electron chi connectivity index (χ4n) is 8.20. The van der Waals surface area contributed by atoms with Gasteiger partial charge in [-0.25, -0.2) is 0 Å². The Morgan fingerprint density at radius 2 is 0.765 bits per heavy atom. The van der Waals surface area contributed by atoms with Gasteiger partial charge in [-0.05, 0) is 150 Å². The van der Waals surface area contributed by atoms with Gasteiger partial charge in [0, 0.05) is 28.9 Å². The standard InChI is InChI=1S/C20H16.C15H15N.C15H14/c1-13-17-9-5-6-10-18(17)14(2)20-12-16-8-4-3-7-15(16)11-19(13)20;1-10-4-6-14-12(8-10)13-9-11(2)5-7-15(13)16(14)3;1-10-3-5-14-12(7-10)9-13-8-11(2)4-6-15(13)14/h3-12H,1-2H3;4-9H,1-3H3;3-8H,9H2,1-2H3. The molecule has 0 fully saturated rings. The van der Waals surface area contributed by atoms with E-state index in [2.05, 4.69) is 187 Å². The maximum Gasteiger partial charge on any atom is 0.0488 e. The summed E-state index contributed by atoms with van der Waals surface area (Å²) in [5.74, 6) is 0. The van der Waals surface area contributed by atoms with Crippen molar-refractivity contribution in [2.45, 2.75) is 48.0 Å². The molecule has 0 bridgehead atoms. The fourth-order valence-corrected chi connectivity index (χ4v) is 8.20. The van der Waals surface area contributed by atoms with Crippen LogP contribution in [0, 0.1) is 41.5 Å². The van der Waals surface area contributed by atoms with Crippen molar-refractivity contribution in [1.29, 1.82) is 0 Å². The van der Waals surface area contributed by atoms with Crippen LogP contribution in [0.1, 0.15) is 44.5 Å². The lowest BCUT2D eigenvalue weighted by atomic mass is 9.91. The van der Waals surface area contributed by atoms with Gasteiger partial charge in [-0.1, -0.05) is 119 Å². The fraction of sp³-hybridized carbons (Fsp3) is 0.160. The van der Waals surface area contributed by atoms with Crippen LogP contribution in [0.3, 0.4) is 0 Å². The smallest absolute Gasteiger partial charge is 0.0488 e. The molecule has 250 valence electrons. The van der Waals surface area contributed by atoms with Gasteiger partial charge in [-0.15, -0.1) is 0 Å². The molecular formula is C50H45N. The Labute approximate surface area is 301 Å². The molecular weight excluding hydrogens is 615 g/mol. The highest BCUT2D eigenvalue weighted by Gasteiger charge is 2.17. The molecule has 0 saturated carbocycles. The highest BCUT2D eigenvalue weighted by molar-refractivity contribution is 6.10. The van der Waals surface area contributed by atoms with Crippen LogP contribution >= 0.6 is 0 Å². The van der Waals surface area contributed by atoms with Crippen LogP contribution in [0.5, 0.6) is 0 Å². The van der Waals surface area contributed by atoms with Crippen LogP contribution in [0.15, 0.2) is 133 Å². The van der Waals surface area contributed by atoms with Crippen LogP contribution < -0.4 is 0 Å². The summed E-state index contributed by atoms with van der Waals surface area (Å²) in [5.41, 5.74) is 16.6. The molecule has 0 aliphatic heterocycles. The summed E-state index contributed by atoms with van der Waals surface area (Å²) < 4.78 is 2.27. The van der Waals surface area contributed by atoms with E-state index < -0.39 is 0 Å². The average Bonchev–Trinajstić information content (AvgIpc) is 3.62.